The van der Waals surface area contributed by atoms with Gasteiger partial charge < -0.3 is 4.74 Å². The standard InChI is InChI=1S/C19H16ClNO/c1-13-11-18(14-3-7-16(20)8-4-14)19(21-12-13)15-5-9-17(22-2)10-6-15/h3-12H,1-2H3. The van der Waals surface area contributed by atoms with Crippen LogP contribution in [-0.4, -0.2) is 12.1 Å². The Morgan fingerprint density at radius 3 is 2.18 bits per heavy atom. The second-order valence-electron chi connectivity index (χ2n) is 5.14. The van der Waals surface area contributed by atoms with E-state index in [9.17, 15) is 0 Å². The third-order valence-corrected chi connectivity index (χ3v) is 3.80. The molecule has 0 atom stereocenters. The molecule has 0 N–H and O–H groups in total. The first kappa shape index (κ1) is 14.6. The highest BCUT2D eigenvalue weighted by Crippen LogP contribution is 2.32. The molecule has 0 aliphatic rings. The van der Waals surface area contributed by atoms with Crippen molar-refractivity contribution in [1.82, 2.24) is 4.98 Å². The number of benzene rings is 2. The van der Waals surface area contributed by atoms with Gasteiger partial charge in [-0.1, -0.05) is 23.7 Å². The topological polar surface area (TPSA) is 22.1 Å². The van der Waals surface area contributed by atoms with E-state index in [4.69, 9.17) is 16.3 Å². The van der Waals surface area contributed by atoms with Crippen LogP contribution in [0.3, 0.4) is 0 Å². The third kappa shape index (κ3) is 2.97. The monoisotopic (exact) mass is 309 g/mol. The van der Waals surface area contributed by atoms with Gasteiger partial charge in [-0.2, -0.15) is 0 Å². The average molecular weight is 310 g/mol. The fourth-order valence-corrected chi connectivity index (χ4v) is 2.52. The maximum Gasteiger partial charge on any atom is 0.118 e. The van der Waals surface area contributed by atoms with Gasteiger partial charge in [0.15, 0.2) is 0 Å². The Balaban J connectivity index is 2.12. The molecule has 0 radical (unpaired) electrons. The van der Waals surface area contributed by atoms with E-state index in [1.165, 1.54) is 0 Å². The van der Waals surface area contributed by atoms with Crippen LogP contribution >= 0.6 is 11.6 Å². The molecule has 1 aromatic heterocycles. The summed E-state index contributed by atoms with van der Waals surface area (Å²) in [5.41, 5.74) is 5.34. The second kappa shape index (κ2) is 6.20. The molecule has 0 aliphatic heterocycles. The van der Waals surface area contributed by atoms with Gasteiger partial charge in [-0.05, 0) is 60.5 Å². The van der Waals surface area contributed by atoms with Crippen LogP contribution in [0.25, 0.3) is 22.4 Å². The van der Waals surface area contributed by atoms with Crippen molar-refractivity contribution in [2.75, 3.05) is 7.11 Å². The van der Waals surface area contributed by atoms with Gasteiger partial charge in [0.25, 0.3) is 0 Å². The largest absolute Gasteiger partial charge is 0.497 e. The van der Waals surface area contributed by atoms with E-state index in [1.807, 2.05) is 61.7 Å². The molecule has 3 heteroatoms. The number of pyridine rings is 1. The maximum atomic E-state index is 5.99. The Hall–Kier alpha value is -2.32. The lowest BCUT2D eigenvalue weighted by Gasteiger charge is -2.11. The molecule has 0 amide bonds. The van der Waals surface area contributed by atoms with Crippen LogP contribution < -0.4 is 4.74 Å². The lowest BCUT2D eigenvalue weighted by atomic mass is 9.98. The summed E-state index contributed by atoms with van der Waals surface area (Å²) in [6, 6.07) is 17.9. The Morgan fingerprint density at radius 2 is 1.55 bits per heavy atom. The van der Waals surface area contributed by atoms with Crippen LogP contribution in [0.1, 0.15) is 5.56 Å². The molecule has 3 rings (SSSR count). The van der Waals surface area contributed by atoms with E-state index in [-0.39, 0.29) is 0 Å². The van der Waals surface area contributed by atoms with Crippen LogP contribution in [-0.2, 0) is 0 Å². The summed E-state index contributed by atoms with van der Waals surface area (Å²) in [5.74, 6) is 0.837. The lowest BCUT2D eigenvalue weighted by molar-refractivity contribution is 0.415. The van der Waals surface area contributed by atoms with Gasteiger partial charge in [0.2, 0.25) is 0 Å². The predicted octanol–water partition coefficient (Wildman–Crippen LogP) is 5.39. The number of halogens is 1. The molecule has 2 aromatic carbocycles. The van der Waals surface area contributed by atoms with E-state index in [0.29, 0.717) is 0 Å². The van der Waals surface area contributed by atoms with Crippen LogP contribution in [0.15, 0.2) is 60.8 Å². The first-order valence-electron chi connectivity index (χ1n) is 7.04. The normalized spacial score (nSPS) is 10.5. The zero-order chi connectivity index (χ0) is 15.5. The molecule has 0 bridgehead atoms. The summed E-state index contributed by atoms with van der Waals surface area (Å²) < 4.78 is 5.22. The summed E-state index contributed by atoms with van der Waals surface area (Å²) in [7, 11) is 1.66. The van der Waals surface area contributed by atoms with E-state index in [2.05, 4.69) is 11.1 Å². The van der Waals surface area contributed by atoms with Crippen molar-refractivity contribution < 1.29 is 4.74 Å². The molecule has 0 fully saturated rings. The highest BCUT2D eigenvalue weighted by molar-refractivity contribution is 6.30. The first-order chi connectivity index (χ1) is 10.7. The number of methoxy groups -OCH3 is 1. The molecule has 2 nitrogen and oxygen atoms in total. The lowest BCUT2D eigenvalue weighted by Crippen LogP contribution is -1.91. The Kier molecular flexibility index (Phi) is 4.12. The molecule has 110 valence electrons. The van der Waals surface area contributed by atoms with Gasteiger partial charge in [-0.25, -0.2) is 0 Å². The molecule has 0 unspecified atom stereocenters. The summed E-state index contributed by atoms with van der Waals surface area (Å²) in [6.07, 6.45) is 1.89. The zero-order valence-corrected chi connectivity index (χ0v) is 13.3. The smallest absolute Gasteiger partial charge is 0.118 e. The second-order valence-corrected chi connectivity index (χ2v) is 5.58. The molecule has 0 saturated heterocycles. The number of hydrogen-bond donors (Lipinski definition) is 0. The molecule has 0 spiro atoms. The van der Waals surface area contributed by atoms with Gasteiger partial charge in [0, 0.05) is 22.3 Å². The molecular weight excluding hydrogens is 294 g/mol. The van der Waals surface area contributed by atoms with Crippen molar-refractivity contribution in [3.8, 4) is 28.1 Å². The number of ether oxygens (including phenoxy) is 1. The van der Waals surface area contributed by atoms with Crippen molar-refractivity contribution in [3.63, 3.8) is 0 Å². The molecule has 22 heavy (non-hydrogen) atoms. The summed E-state index contributed by atoms with van der Waals surface area (Å²) >= 11 is 5.99. The van der Waals surface area contributed by atoms with E-state index < -0.39 is 0 Å². The van der Waals surface area contributed by atoms with Crippen LogP contribution in [0.2, 0.25) is 5.02 Å². The molecular formula is C19H16ClNO. The van der Waals surface area contributed by atoms with E-state index >= 15 is 0 Å². The Morgan fingerprint density at radius 1 is 0.909 bits per heavy atom. The third-order valence-electron chi connectivity index (χ3n) is 3.54. The van der Waals surface area contributed by atoms with Gasteiger partial charge >= 0.3 is 0 Å². The molecule has 1 heterocycles. The van der Waals surface area contributed by atoms with Crippen molar-refractivity contribution in [3.05, 3.63) is 71.4 Å². The Bertz CT molecular complexity index is 780. The van der Waals surface area contributed by atoms with E-state index in [0.717, 1.165) is 38.7 Å². The van der Waals surface area contributed by atoms with Gasteiger partial charge in [-0.3, -0.25) is 4.98 Å². The molecule has 3 aromatic rings. The van der Waals surface area contributed by atoms with Crippen LogP contribution in [0, 0.1) is 6.92 Å². The maximum absolute atomic E-state index is 5.99. The summed E-state index contributed by atoms with van der Waals surface area (Å²) in [6.45, 7) is 2.05. The van der Waals surface area contributed by atoms with E-state index in [1.54, 1.807) is 7.11 Å². The van der Waals surface area contributed by atoms with Crippen molar-refractivity contribution in [1.29, 1.82) is 0 Å². The minimum Gasteiger partial charge on any atom is -0.497 e. The average Bonchev–Trinajstić information content (AvgIpc) is 2.56. The first-order valence-corrected chi connectivity index (χ1v) is 7.42. The fourth-order valence-electron chi connectivity index (χ4n) is 2.40. The van der Waals surface area contributed by atoms with Crippen molar-refractivity contribution in [2.45, 2.75) is 6.92 Å². The van der Waals surface area contributed by atoms with Gasteiger partial charge in [-0.15, -0.1) is 0 Å². The summed E-state index contributed by atoms with van der Waals surface area (Å²) in [5, 5.41) is 0.732. The Labute approximate surface area is 135 Å². The molecule has 0 aliphatic carbocycles. The van der Waals surface area contributed by atoms with Crippen LogP contribution in [0.5, 0.6) is 5.75 Å². The SMILES string of the molecule is COc1ccc(-c2ncc(C)cc2-c2ccc(Cl)cc2)cc1. The minimum absolute atomic E-state index is 0.732. The number of rotatable bonds is 3. The highest BCUT2D eigenvalue weighted by atomic mass is 35.5. The number of aromatic nitrogens is 1. The zero-order valence-electron chi connectivity index (χ0n) is 12.5. The quantitative estimate of drug-likeness (QED) is 0.647. The van der Waals surface area contributed by atoms with Crippen molar-refractivity contribution in [2.24, 2.45) is 0 Å². The molecule has 0 saturated carbocycles. The predicted molar refractivity (Wildman–Crippen MR) is 91.4 cm³/mol. The fraction of sp³-hybridized carbons (Fsp3) is 0.105. The highest BCUT2D eigenvalue weighted by Gasteiger charge is 2.10. The van der Waals surface area contributed by atoms with Gasteiger partial charge in [0.05, 0.1) is 12.8 Å². The van der Waals surface area contributed by atoms with Gasteiger partial charge in [0.1, 0.15) is 5.75 Å². The van der Waals surface area contributed by atoms with Crippen LogP contribution in [0.4, 0.5) is 0 Å². The van der Waals surface area contributed by atoms with Crippen molar-refractivity contribution >= 4 is 11.6 Å². The summed E-state index contributed by atoms with van der Waals surface area (Å²) in [4.78, 5) is 4.63. The number of aryl methyl sites for hydroxylation is 1. The minimum atomic E-state index is 0.732. The number of nitrogens with zero attached hydrogens (tertiary/aromatic N) is 1. The number of hydrogen-bond acceptors (Lipinski definition) is 2.